The molecule has 1 aliphatic rings. The van der Waals surface area contributed by atoms with Crippen molar-refractivity contribution in [2.75, 3.05) is 0 Å². The van der Waals surface area contributed by atoms with Crippen molar-refractivity contribution >= 4 is 0 Å². The van der Waals surface area contributed by atoms with Gasteiger partial charge >= 0.3 is 0 Å². The first-order valence-electron chi connectivity index (χ1n) is 2.98. The van der Waals surface area contributed by atoms with Gasteiger partial charge in [-0.25, -0.2) is 0 Å². The van der Waals surface area contributed by atoms with E-state index in [1.165, 1.54) is 0 Å². The van der Waals surface area contributed by atoms with Crippen LogP contribution in [0.3, 0.4) is 0 Å². The SMILES string of the molecule is CC1C([O-])C(C)C1O. The van der Waals surface area contributed by atoms with E-state index in [4.69, 9.17) is 5.11 Å². The van der Waals surface area contributed by atoms with Crippen LogP contribution in [-0.2, 0) is 0 Å². The number of aliphatic hydroxyl groups excluding tert-OH is 1. The van der Waals surface area contributed by atoms with Crippen molar-refractivity contribution < 1.29 is 10.2 Å². The van der Waals surface area contributed by atoms with E-state index in [1.807, 2.05) is 0 Å². The van der Waals surface area contributed by atoms with Crippen LogP contribution in [0.2, 0.25) is 0 Å². The third kappa shape index (κ3) is 0.565. The molecule has 0 amide bonds. The van der Waals surface area contributed by atoms with Crippen LogP contribution >= 0.6 is 0 Å². The predicted molar refractivity (Wildman–Crippen MR) is 28.1 cm³/mol. The van der Waals surface area contributed by atoms with E-state index in [9.17, 15) is 5.11 Å². The summed E-state index contributed by atoms with van der Waals surface area (Å²) in [5, 5.41) is 19.7. The smallest absolute Gasteiger partial charge is 0.0570 e. The maximum Gasteiger partial charge on any atom is 0.0570 e. The average Bonchev–Trinajstić information content (AvgIpc) is 1.83. The molecule has 1 fully saturated rings. The van der Waals surface area contributed by atoms with Crippen molar-refractivity contribution in [3.63, 3.8) is 0 Å². The van der Waals surface area contributed by atoms with Gasteiger partial charge in [-0.2, -0.15) is 0 Å². The van der Waals surface area contributed by atoms with Crippen molar-refractivity contribution in [1.82, 2.24) is 0 Å². The zero-order chi connectivity index (χ0) is 6.31. The van der Waals surface area contributed by atoms with Gasteiger partial charge in [0, 0.05) is 0 Å². The summed E-state index contributed by atoms with van der Waals surface area (Å²) in [4.78, 5) is 0. The van der Waals surface area contributed by atoms with E-state index in [1.54, 1.807) is 13.8 Å². The molecule has 0 spiro atoms. The van der Waals surface area contributed by atoms with Crippen LogP contribution in [0.4, 0.5) is 0 Å². The van der Waals surface area contributed by atoms with Crippen LogP contribution in [0, 0.1) is 11.8 Å². The van der Waals surface area contributed by atoms with E-state index in [2.05, 4.69) is 0 Å². The first-order chi connectivity index (χ1) is 3.64. The molecule has 0 aromatic heterocycles. The highest BCUT2D eigenvalue weighted by atomic mass is 16.3. The van der Waals surface area contributed by atoms with Crippen LogP contribution in [0.1, 0.15) is 13.8 Å². The quantitative estimate of drug-likeness (QED) is 0.456. The first-order valence-corrected chi connectivity index (χ1v) is 2.98. The largest absolute Gasteiger partial charge is 0.851 e. The maximum atomic E-state index is 10.7. The Labute approximate surface area is 49.1 Å². The Hall–Kier alpha value is -0.0800. The molecule has 0 bridgehead atoms. The molecule has 0 aliphatic heterocycles. The molecule has 0 saturated heterocycles. The molecule has 2 unspecified atom stereocenters. The zero-order valence-corrected chi connectivity index (χ0v) is 5.16. The lowest BCUT2D eigenvalue weighted by Crippen LogP contribution is -2.59. The molecule has 2 nitrogen and oxygen atoms in total. The Morgan fingerprint density at radius 2 is 1.62 bits per heavy atom. The first kappa shape index (κ1) is 6.05. The minimum Gasteiger partial charge on any atom is -0.851 e. The fourth-order valence-electron chi connectivity index (χ4n) is 1.20. The predicted octanol–water partition coefficient (Wildman–Crippen LogP) is -0.638. The Balaban J connectivity index is 2.42. The summed E-state index contributed by atoms with van der Waals surface area (Å²) in [6, 6.07) is 0. The molecule has 0 radical (unpaired) electrons. The zero-order valence-electron chi connectivity index (χ0n) is 5.16. The van der Waals surface area contributed by atoms with E-state index in [0.717, 1.165) is 0 Å². The topological polar surface area (TPSA) is 43.3 Å². The van der Waals surface area contributed by atoms with Gasteiger partial charge in [0.2, 0.25) is 0 Å². The highest BCUT2D eigenvalue weighted by molar-refractivity contribution is 4.91. The van der Waals surface area contributed by atoms with Crippen molar-refractivity contribution in [2.45, 2.75) is 26.1 Å². The number of hydrogen-bond donors (Lipinski definition) is 1. The fourth-order valence-corrected chi connectivity index (χ4v) is 1.20. The highest BCUT2D eigenvalue weighted by Gasteiger charge is 2.35. The lowest BCUT2D eigenvalue weighted by Gasteiger charge is -2.51. The molecule has 2 atom stereocenters. The lowest BCUT2D eigenvalue weighted by atomic mass is 9.71. The molecule has 0 aromatic carbocycles. The summed E-state index contributed by atoms with van der Waals surface area (Å²) >= 11 is 0. The highest BCUT2D eigenvalue weighted by Crippen LogP contribution is 2.31. The second kappa shape index (κ2) is 1.71. The van der Waals surface area contributed by atoms with Gasteiger partial charge in [0.05, 0.1) is 6.10 Å². The van der Waals surface area contributed by atoms with Crippen LogP contribution in [0.5, 0.6) is 0 Å². The molecular formula is C6H11O2-. The van der Waals surface area contributed by atoms with E-state index < -0.39 is 6.10 Å². The van der Waals surface area contributed by atoms with Crippen LogP contribution in [0.25, 0.3) is 0 Å². The van der Waals surface area contributed by atoms with Crippen LogP contribution in [0.15, 0.2) is 0 Å². The van der Waals surface area contributed by atoms with Gasteiger partial charge in [0.15, 0.2) is 0 Å². The summed E-state index contributed by atoms with van der Waals surface area (Å²) in [7, 11) is 0. The Morgan fingerprint density at radius 1 is 1.25 bits per heavy atom. The number of rotatable bonds is 0. The molecule has 1 saturated carbocycles. The normalized spacial score (nSPS) is 55.5. The minimum absolute atomic E-state index is 0.0231. The second-order valence-electron chi connectivity index (χ2n) is 2.67. The summed E-state index contributed by atoms with van der Waals surface area (Å²) in [6.45, 7) is 3.59. The number of hydrogen-bond acceptors (Lipinski definition) is 2. The molecule has 8 heavy (non-hydrogen) atoms. The molecule has 1 N–H and O–H groups in total. The number of aliphatic hydroxyl groups is 1. The standard InChI is InChI=1S/C6H11O2/c1-3-5(7)4(2)6(3)8/h3-7H,1-2H3/q-1. The van der Waals surface area contributed by atoms with Crippen molar-refractivity contribution in [3.8, 4) is 0 Å². The Morgan fingerprint density at radius 3 is 1.75 bits per heavy atom. The monoisotopic (exact) mass is 115 g/mol. The third-order valence-electron chi connectivity index (χ3n) is 2.11. The third-order valence-corrected chi connectivity index (χ3v) is 2.11. The van der Waals surface area contributed by atoms with Crippen molar-refractivity contribution in [2.24, 2.45) is 11.8 Å². The van der Waals surface area contributed by atoms with Crippen LogP contribution < -0.4 is 5.11 Å². The molecule has 1 aliphatic carbocycles. The summed E-state index contributed by atoms with van der Waals surface area (Å²) in [6.07, 6.45) is -0.859. The molecule has 0 aromatic rings. The molecular weight excluding hydrogens is 104 g/mol. The fraction of sp³-hybridized carbons (Fsp3) is 1.00. The van der Waals surface area contributed by atoms with E-state index in [-0.39, 0.29) is 17.9 Å². The Bertz CT molecular complexity index is 60.5. The maximum absolute atomic E-state index is 10.7. The van der Waals surface area contributed by atoms with Gasteiger partial charge < -0.3 is 10.2 Å². The van der Waals surface area contributed by atoms with Gasteiger partial charge in [0.1, 0.15) is 0 Å². The minimum atomic E-state index is -0.523. The summed E-state index contributed by atoms with van der Waals surface area (Å²) in [5.74, 6) is -0.0463. The average molecular weight is 115 g/mol. The van der Waals surface area contributed by atoms with Gasteiger partial charge in [-0.15, -0.1) is 6.10 Å². The lowest BCUT2D eigenvalue weighted by molar-refractivity contribution is -0.481. The van der Waals surface area contributed by atoms with E-state index >= 15 is 0 Å². The molecule has 48 valence electrons. The molecule has 0 heterocycles. The molecule has 1 rings (SSSR count). The van der Waals surface area contributed by atoms with Crippen molar-refractivity contribution in [3.05, 3.63) is 0 Å². The van der Waals surface area contributed by atoms with Gasteiger partial charge in [-0.3, -0.25) is 0 Å². The van der Waals surface area contributed by atoms with E-state index in [0.29, 0.717) is 0 Å². The van der Waals surface area contributed by atoms with Crippen LogP contribution in [-0.4, -0.2) is 17.3 Å². The molecule has 2 heteroatoms. The van der Waals surface area contributed by atoms with Gasteiger partial charge in [-0.1, -0.05) is 13.8 Å². The van der Waals surface area contributed by atoms with Gasteiger partial charge in [0.25, 0.3) is 0 Å². The second-order valence-corrected chi connectivity index (χ2v) is 2.67. The van der Waals surface area contributed by atoms with Crippen molar-refractivity contribution in [1.29, 1.82) is 0 Å². The summed E-state index contributed by atoms with van der Waals surface area (Å²) < 4.78 is 0. The summed E-state index contributed by atoms with van der Waals surface area (Å²) in [5.41, 5.74) is 0. The van der Waals surface area contributed by atoms with Gasteiger partial charge in [-0.05, 0) is 11.8 Å². The Kier molecular flexibility index (Phi) is 1.29.